The van der Waals surface area contributed by atoms with Crippen LogP contribution >= 0.6 is 0 Å². The molecule has 26 N–H and O–H groups in total. The first-order valence-corrected chi connectivity index (χ1v) is 33.9. The van der Waals surface area contributed by atoms with E-state index in [-0.39, 0.29) is 24.3 Å². The number of carbonyl (C=O) groups excluding carboxylic acids is 8. The van der Waals surface area contributed by atoms with E-state index in [1.54, 1.807) is 0 Å². The molecule has 9 atom stereocenters. The normalized spacial score (nSPS) is 16.8. The van der Waals surface area contributed by atoms with Gasteiger partial charge in [0.1, 0.15) is 29.9 Å². The molecule has 123 heavy (non-hydrogen) atoms. The van der Waals surface area contributed by atoms with Crippen LogP contribution in [0.4, 0.5) is 0 Å². The number of aromatic hydroxyl groups is 23. The molecular formula is C75H52O48. The van der Waals surface area contributed by atoms with E-state index in [0.29, 0.717) is 48.5 Å². The number of ketones is 1. The lowest BCUT2D eigenvalue weighted by Crippen LogP contribution is -2.63. The standard InChI is InChI=1S/C75H52O48/c76-13-35(88)51(97)60(116-66(104)16-1-25(78)44(90)26(79)2-16)39(14-77)115-72(110)23-9-32(85)48(94)56(102)58(23)113-37-11-21-41(55(101)52(37)98)40-19(7-31(84)47(93)54(40)100)36(89)15-112-74-64(121-70(21)108)63(119-67(105)17-3-27(80)45(91)28(81)4-17)65(120-68(106)18-5-29(82)46(92)30(83)6-18)75(123-74)122-73(111)24-10-33(86)49(95)57(103)59(24)114-38-12-22-43-42-20(69(107)118-62(43)53(38)99)8-34(87)50(96)61(42)117-71(22)109/h1-12,14,35,39,51,60,63-65,74-76,78-88,90-103H,13,15H2. The van der Waals surface area contributed by atoms with Gasteiger partial charge in [0.2, 0.25) is 64.7 Å². The van der Waals surface area contributed by atoms with Crippen LogP contribution in [0, 0.1) is 0 Å². The number of phenols is 23. The van der Waals surface area contributed by atoms with Gasteiger partial charge in [0.25, 0.3) is 0 Å². The number of aldehydes is 1. The fourth-order valence-electron chi connectivity index (χ4n) is 12.6. The molecule has 0 saturated carbocycles. The highest BCUT2D eigenvalue weighted by atomic mass is 16.8. The molecule has 1 saturated heterocycles. The van der Waals surface area contributed by atoms with Gasteiger partial charge in [0, 0.05) is 51.7 Å². The van der Waals surface area contributed by atoms with Crippen molar-refractivity contribution in [3.05, 3.63) is 133 Å². The average molecular weight is 1720 g/mol. The highest BCUT2D eigenvalue weighted by molar-refractivity contribution is 6.22. The number of ether oxygens (including phenoxy) is 10. The summed E-state index contributed by atoms with van der Waals surface area (Å²) >= 11 is 0. The Labute approximate surface area is 673 Å². The van der Waals surface area contributed by atoms with Gasteiger partial charge >= 0.3 is 47.1 Å². The summed E-state index contributed by atoms with van der Waals surface area (Å²) < 4.78 is 66.7. The molecule has 0 bridgehead atoms. The summed E-state index contributed by atoms with van der Waals surface area (Å²) in [6.07, 6.45) is -26.5. The number of fused-ring (bicyclic) bond motifs is 4. The predicted octanol–water partition coefficient (Wildman–Crippen LogP) is 2.36. The van der Waals surface area contributed by atoms with Gasteiger partial charge in [-0.05, 0) is 48.5 Å². The van der Waals surface area contributed by atoms with Crippen LogP contribution in [0.5, 0.6) is 155 Å². The maximum atomic E-state index is 15.8. The molecule has 13 rings (SSSR count). The number of rotatable bonds is 19. The van der Waals surface area contributed by atoms with Crippen LogP contribution in [-0.2, 0) is 42.7 Å². The topological polar surface area (TPSA) is 815 Å². The third kappa shape index (κ3) is 14.6. The Morgan fingerprint density at radius 2 is 0.846 bits per heavy atom. The molecule has 2 aliphatic heterocycles. The van der Waals surface area contributed by atoms with Crippen molar-refractivity contribution in [1.29, 1.82) is 0 Å². The molecule has 1 fully saturated rings. The third-order valence-electron chi connectivity index (χ3n) is 18.6. The van der Waals surface area contributed by atoms with Crippen molar-refractivity contribution in [3.8, 4) is 166 Å². The summed E-state index contributed by atoms with van der Waals surface area (Å²) in [7, 11) is 0. The Balaban J connectivity index is 0.960. The fraction of sp³-hybridized carbons (Fsp3) is 0.147. The van der Waals surface area contributed by atoms with Gasteiger partial charge in [0.05, 0.1) is 39.6 Å². The Bertz CT molecular complexity index is 6430. The van der Waals surface area contributed by atoms with Crippen molar-refractivity contribution < 1.29 is 227 Å². The minimum atomic E-state index is -3.15. The second kappa shape index (κ2) is 31.4. The Hall–Kier alpha value is -17.1. The van der Waals surface area contributed by atoms with Gasteiger partial charge in [-0.2, -0.15) is 0 Å². The number of carbonyl (C=O) groups is 8. The van der Waals surface area contributed by atoms with Crippen LogP contribution in [-0.4, -0.2) is 249 Å². The number of hydrogen-bond acceptors (Lipinski definition) is 48. The second-order valence-corrected chi connectivity index (χ2v) is 26.2. The monoisotopic (exact) mass is 1720 g/mol. The van der Waals surface area contributed by atoms with Crippen LogP contribution in [0.1, 0.15) is 72.5 Å². The summed E-state index contributed by atoms with van der Waals surface area (Å²) in [4.78, 5) is 143. The van der Waals surface area contributed by atoms with Gasteiger partial charge in [0.15, 0.2) is 157 Å². The van der Waals surface area contributed by atoms with Crippen molar-refractivity contribution in [3.63, 3.8) is 0 Å². The minimum Gasteiger partial charge on any atom is -0.504 e. The first kappa shape index (κ1) is 83.8. The molecule has 4 heterocycles. The summed E-state index contributed by atoms with van der Waals surface area (Å²) in [6.45, 7) is -3.16. The highest BCUT2D eigenvalue weighted by Crippen LogP contribution is 2.57. The van der Waals surface area contributed by atoms with Gasteiger partial charge in [-0.3, -0.25) is 9.59 Å². The lowest BCUT2D eigenvalue weighted by Gasteiger charge is -2.43. The van der Waals surface area contributed by atoms with Crippen LogP contribution in [0.3, 0.4) is 0 Å². The van der Waals surface area contributed by atoms with Crippen molar-refractivity contribution in [2.45, 2.75) is 55.3 Å². The van der Waals surface area contributed by atoms with Crippen LogP contribution in [0.25, 0.3) is 43.8 Å². The van der Waals surface area contributed by atoms with E-state index < -0.39 is 366 Å². The summed E-state index contributed by atoms with van der Waals surface area (Å²) in [5, 5.41) is 280. The SMILES string of the molecule is O=CC(OC(=O)c1cc(O)c(O)c(O)c1Oc1cc2c(c(O)c1O)-c1c(cc(O)c(O)c1O)C(=O)COC1OC(OC(=O)c3cc(O)c(O)c(O)c3Oc3cc4c(=O)oc5c(O)c(O)cc6c(=O)oc(c3O)c4c56)C(OC(=O)c3cc(O)c(O)c(O)c3)C(OC(=O)c3cc(O)c(O)c(O)c3)C1OC2=O)C(OC(=O)c1cc(O)c(O)c(O)c1)C(O)C(O)CO. The Kier molecular flexibility index (Phi) is 21.4. The van der Waals surface area contributed by atoms with E-state index in [1.807, 2.05) is 0 Å². The van der Waals surface area contributed by atoms with Gasteiger partial charge in [-0.25, -0.2) is 38.4 Å². The number of aliphatic hydroxyl groups is 3. The Morgan fingerprint density at radius 3 is 1.35 bits per heavy atom. The summed E-state index contributed by atoms with van der Waals surface area (Å²) in [5.41, 5.74) is -16.5. The summed E-state index contributed by atoms with van der Waals surface area (Å²) in [6, 6.07) is 4.24. The van der Waals surface area contributed by atoms with Crippen LogP contribution in [0.2, 0.25) is 0 Å². The van der Waals surface area contributed by atoms with Gasteiger partial charge in [-0.15, -0.1) is 0 Å². The lowest BCUT2D eigenvalue weighted by atomic mass is 9.90. The lowest BCUT2D eigenvalue weighted by molar-refractivity contribution is -0.333. The molecule has 2 aromatic heterocycles. The molecule has 640 valence electrons. The average Bonchev–Trinajstić information content (AvgIpc) is 0.915. The predicted molar refractivity (Wildman–Crippen MR) is 385 cm³/mol. The fourth-order valence-corrected chi connectivity index (χ4v) is 12.6. The molecule has 0 amide bonds. The smallest absolute Gasteiger partial charge is 0.344 e. The second-order valence-electron chi connectivity index (χ2n) is 26.2. The molecule has 2 aliphatic rings. The zero-order valence-electron chi connectivity index (χ0n) is 60.2. The molecule has 48 heteroatoms. The first-order valence-electron chi connectivity index (χ1n) is 33.9. The largest absolute Gasteiger partial charge is 0.504 e. The molecule has 0 spiro atoms. The molecule has 9 unspecified atom stereocenters. The van der Waals surface area contributed by atoms with E-state index >= 15 is 9.59 Å². The zero-order valence-corrected chi connectivity index (χ0v) is 60.2. The Morgan fingerprint density at radius 1 is 0.423 bits per heavy atom. The number of benzene rings is 9. The molecule has 11 aromatic rings. The molecule has 48 nitrogen and oxygen atoms in total. The maximum absolute atomic E-state index is 15.8. The van der Waals surface area contributed by atoms with Gasteiger partial charge < -0.3 is 189 Å². The molecule has 0 aliphatic carbocycles. The van der Waals surface area contributed by atoms with Gasteiger partial charge in [-0.1, -0.05) is 0 Å². The summed E-state index contributed by atoms with van der Waals surface area (Å²) in [5.74, 6) is -53.7. The van der Waals surface area contributed by atoms with E-state index in [4.69, 9.17) is 56.2 Å². The number of Topliss-reactive ketones (excluding diaryl/α,β-unsaturated/α-hetero) is 1. The van der Waals surface area contributed by atoms with Crippen LogP contribution in [0.15, 0.2) is 91.2 Å². The van der Waals surface area contributed by atoms with Crippen LogP contribution < -0.4 is 20.7 Å². The van der Waals surface area contributed by atoms with E-state index in [9.17, 15) is 171 Å². The quantitative estimate of drug-likeness (QED) is 0.0138. The zero-order chi connectivity index (χ0) is 89.7. The number of aliphatic hydroxyl groups excluding tert-OH is 3. The maximum Gasteiger partial charge on any atom is 0.344 e. The third-order valence-corrected chi connectivity index (χ3v) is 18.6. The van der Waals surface area contributed by atoms with Crippen molar-refractivity contribution in [1.82, 2.24) is 0 Å². The number of phenolic OH excluding ortho intramolecular Hbond substituents is 23. The van der Waals surface area contributed by atoms with E-state index in [1.165, 1.54) is 0 Å². The van der Waals surface area contributed by atoms with Crippen molar-refractivity contribution in [2.24, 2.45) is 0 Å². The minimum absolute atomic E-state index is 0.108. The van der Waals surface area contributed by atoms with E-state index in [2.05, 4.69) is 0 Å². The highest BCUT2D eigenvalue weighted by Gasteiger charge is 2.56. The van der Waals surface area contributed by atoms with Crippen molar-refractivity contribution in [2.75, 3.05) is 13.2 Å². The molecule has 0 radical (unpaired) electrons. The first-order chi connectivity index (χ1) is 58.0. The number of esters is 6. The van der Waals surface area contributed by atoms with E-state index in [0.717, 1.165) is 0 Å². The van der Waals surface area contributed by atoms with Crippen molar-refractivity contribution >= 4 is 80.6 Å². The molecule has 9 aromatic carbocycles. The molecular weight excluding hydrogens is 1670 g/mol. The number of hydrogen-bond donors (Lipinski definition) is 26.